The predicted octanol–water partition coefficient (Wildman–Crippen LogP) is 6.55. The van der Waals surface area contributed by atoms with Gasteiger partial charge < -0.3 is 4.90 Å². The number of rotatable bonds is 4. The fraction of sp³-hybridized carbons (Fsp3) is 0.348. The van der Waals surface area contributed by atoms with E-state index < -0.39 is 0 Å². The smallest absolute Gasteiger partial charge is 0.138 e. The van der Waals surface area contributed by atoms with E-state index in [4.69, 9.17) is 16.6 Å². The van der Waals surface area contributed by atoms with E-state index in [1.54, 1.807) is 0 Å². The molecule has 0 aliphatic heterocycles. The molecule has 0 bridgehead atoms. The first kappa shape index (κ1) is 18.7. The molecule has 0 radical (unpaired) electrons. The zero-order chi connectivity index (χ0) is 18.7. The highest BCUT2D eigenvalue weighted by Gasteiger charge is 2.24. The molecule has 26 heavy (non-hydrogen) atoms. The van der Waals surface area contributed by atoms with Gasteiger partial charge in [0.1, 0.15) is 5.84 Å². The number of amidine groups is 1. The zero-order valence-corrected chi connectivity index (χ0v) is 16.7. The van der Waals surface area contributed by atoms with Crippen LogP contribution in [0.2, 0.25) is 5.02 Å². The summed E-state index contributed by atoms with van der Waals surface area (Å²) in [6.07, 6.45) is 6.86. The summed E-state index contributed by atoms with van der Waals surface area (Å²) in [5, 5.41) is 0.751. The van der Waals surface area contributed by atoms with Crippen LogP contribution >= 0.6 is 11.6 Å². The lowest BCUT2D eigenvalue weighted by Gasteiger charge is -2.29. The number of hydrogen-bond acceptors (Lipinski definition) is 1. The summed E-state index contributed by atoms with van der Waals surface area (Å²) < 4.78 is 0. The highest BCUT2D eigenvalue weighted by Crippen LogP contribution is 2.29. The number of aliphatic imine (C=N–C) groups is 1. The average Bonchev–Trinajstić information content (AvgIpc) is 3.15. The van der Waals surface area contributed by atoms with Gasteiger partial charge in [-0.3, -0.25) is 0 Å². The Balaban J connectivity index is 2.12. The van der Waals surface area contributed by atoms with Gasteiger partial charge in [0.2, 0.25) is 0 Å². The Morgan fingerprint density at radius 2 is 1.77 bits per heavy atom. The molecule has 1 saturated carbocycles. The van der Waals surface area contributed by atoms with E-state index in [1.807, 2.05) is 12.1 Å². The number of benzene rings is 2. The van der Waals surface area contributed by atoms with Crippen molar-refractivity contribution in [1.29, 1.82) is 0 Å². The van der Waals surface area contributed by atoms with Crippen LogP contribution in [-0.2, 0) is 0 Å². The summed E-state index contributed by atoms with van der Waals surface area (Å²) in [7, 11) is 2.15. The van der Waals surface area contributed by atoms with Gasteiger partial charge in [-0.15, -0.1) is 0 Å². The monoisotopic (exact) mass is 366 g/mol. The molecule has 0 unspecified atom stereocenters. The zero-order valence-electron chi connectivity index (χ0n) is 15.9. The molecule has 0 spiro atoms. The molecule has 0 atom stereocenters. The van der Waals surface area contributed by atoms with Crippen molar-refractivity contribution in [3.63, 3.8) is 0 Å². The van der Waals surface area contributed by atoms with Crippen LogP contribution in [0.25, 0.3) is 6.08 Å². The molecular weight excluding hydrogens is 340 g/mol. The molecule has 1 fully saturated rings. The van der Waals surface area contributed by atoms with Crippen molar-refractivity contribution in [2.75, 3.05) is 7.05 Å². The largest absolute Gasteiger partial charge is 0.356 e. The van der Waals surface area contributed by atoms with Gasteiger partial charge >= 0.3 is 0 Å². The lowest BCUT2D eigenvalue weighted by atomic mass is 10.1. The lowest BCUT2D eigenvalue weighted by Crippen LogP contribution is -2.36. The van der Waals surface area contributed by atoms with E-state index in [0.29, 0.717) is 6.04 Å². The third-order valence-corrected chi connectivity index (χ3v) is 5.51. The number of aryl methyl sites for hydroxylation is 2. The van der Waals surface area contributed by atoms with Gasteiger partial charge in [-0.25, -0.2) is 4.99 Å². The van der Waals surface area contributed by atoms with Gasteiger partial charge in [-0.2, -0.15) is 0 Å². The van der Waals surface area contributed by atoms with Crippen molar-refractivity contribution in [2.24, 2.45) is 4.99 Å². The van der Waals surface area contributed by atoms with Crippen molar-refractivity contribution in [3.05, 3.63) is 70.3 Å². The number of nitrogens with zero attached hydrogens (tertiary/aromatic N) is 2. The second kappa shape index (κ2) is 8.09. The van der Waals surface area contributed by atoms with Crippen molar-refractivity contribution in [1.82, 2.24) is 4.90 Å². The van der Waals surface area contributed by atoms with Gasteiger partial charge in [0.25, 0.3) is 0 Å². The fourth-order valence-corrected chi connectivity index (χ4v) is 3.97. The quantitative estimate of drug-likeness (QED) is 0.442. The van der Waals surface area contributed by atoms with Crippen LogP contribution < -0.4 is 0 Å². The maximum atomic E-state index is 6.61. The summed E-state index contributed by atoms with van der Waals surface area (Å²) in [4.78, 5) is 7.38. The van der Waals surface area contributed by atoms with Crippen LogP contribution in [-0.4, -0.2) is 23.8 Å². The molecule has 3 heteroatoms. The van der Waals surface area contributed by atoms with E-state index >= 15 is 0 Å². The molecule has 0 heterocycles. The Kier molecular flexibility index (Phi) is 5.83. The molecular formula is C23H27ClN2. The molecule has 2 nitrogen and oxygen atoms in total. The van der Waals surface area contributed by atoms with E-state index in [0.717, 1.165) is 33.2 Å². The van der Waals surface area contributed by atoms with E-state index in [9.17, 15) is 0 Å². The Morgan fingerprint density at radius 3 is 2.42 bits per heavy atom. The minimum atomic E-state index is 0.517. The minimum Gasteiger partial charge on any atom is -0.356 e. The van der Waals surface area contributed by atoms with Gasteiger partial charge in [0.15, 0.2) is 0 Å². The molecule has 0 N–H and O–H groups in total. The Hall–Kier alpha value is -2.06. The normalized spacial score (nSPS) is 15.3. The van der Waals surface area contributed by atoms with Crippen molar-refractivity contribution >= 4 is 29.2 Å². The van der Waals surface area contributed by atoms with Gasteiger partial charge in [0, 0.05) is 18.7 Å². The maximum absolute atomic E-state index is 6.61. The van der Waals surface area contributed by atoms with Gasteiger partial charge in [0.05, 0.1) is 10.7 Å². The summed E-state index contributed by atoms with van der Waals surface area (Å²) in [5.74, 6) is 0.939. The third-order valence-electron chi connectivity index (χ3n) is 5.20. The van der Waals surface area contributed by atoms with Crippen LogP contribution in [0.15, 0.2) is 48.0 Å². The molecule has 1 aliphatic rings. The van der Waals surface area contributed by atoms with Gasteiger partial charge in [-0.1, -0.05) is 54.8 Å². The van der Waals surface area contributed by atoms with Crippen LogP contribution in [0.3, 0.4) is 0 Å². The van der Waals surface area contributed by atoms with Gasteiger partial charge in [-0.05, 0) is 62.1 Å². The third kappa shape index (κ3) is 4.02. The maximum Gasteiger partial charge on any atom is 0.138 e. The first-order valence-corrected chi connectivity index (χ1v) is 9.68. The van der Waals surface area contributed by atoms with Crippen molar-refractivity contribution in [3.8, 4) is 0 Å². The van der Waals surface area contributed by atoms with Crippen LogP contribution in [0.5, 0.6) is 0 Å². The SMILES string of the molecule is C=Cc1cc(C)ccc1/N=C(/c1ccc(C)cc1Cl)N(C)C1CCCC1. The molecule has 1 aliphatic carbocycles. The minimum absolute atomic E-state index is 0.517. The standard InChI is InChI=1S/C23H27ClN2/c1-5-18-14-16(2)11-13-22(18)25-23(26(4)19-8-6-7-9-19)20-12-10-17(3)15-21(20)24/h5,10-15,19H,1,6-9H2,2-4H3/b25-23-. The molecule has 136 valence electrons. The molecule has 2 aromatic carbocycles. The van der Waals surface area contributed by atoms with Crippen LogP contribution in [0.4, 0.5) is 5.69 Å². The van der Waals surface area contributed by atoms with E-state index in [2.05, 4.69) is 62.7 Å². The highest BCUT2D eigenvalue weighted by molar-refractivity contribution is 6.34. The number of hydrogen-bond donors (Lipinski definition) is 0. The first-order chi connectivity index (χ1) is 12.5. The molecule has 0 aromatic heterocycles. The van der Waals surface area contributed by atoms with Crippen LogP contribution in [0.1, 0.15) is 47.9 Å². The highest BCUT2D eigenvalue weighted by atomic mass is 35.5. The average molecular weight is 367 g/mol. The molecule has 3 rings (SSSR count). The Labute approximate surface area is 162 Å². The van der Waals surface area contributed by atoms with Crippen molar-refractivity contribution in [2.45, 2.75) is 45.6 Å². The van der Waals surface area contributed by atoms with Crippen molar-refractivity contribution < 1.29 is 0 Å². The molecule has 0 saturated heterocycles. The second-order valence-electron chi connectivity index (χ2n) is 7.23. The molecule has 0 amide bonds. The summed E-state index contributed by atoms with van der Waals surface area (Å²) >= 11 is 6.61. The lowest BCUT2D eigenvalue weighted by molar-refractivity contribution is 0.372. The summed E-state index contributed by atoms with van der Waals surface area (Å²) in [5.41, 5.74) is 5.33. The van der Waals surface area contributed by atoms with Crippen LogP contribution in [0, 0.1) is 13.8 Å². The number of halogens is 1. The van der Waals surface area contributed by atoms with E-state index in [1.165, 1.54) is 31.2 Å². The predicted molar refractivity (Wildman–Crippen MR) is 114 cm³/mol. The van der Waals surface area contributed by atoms with E-state index in [-0.39, 0.29) is 0 Å². The topological polar surface area (TPSA) is 15.6 Å². The Bertz CT molecular complexity index is 832. The molecule has 2 aromatic rings. The Morgan fingerprint density at radius 1 is 1.12 bits per heavy atom. The summed E-state index contributed by atoms with van der Waals surface area (Å²) in [6.45, 7) is 8.10. The second-order valence-corrected chi connectivity index (χ2v) is 7.64. The first-order valence-electron chi connectivity index (χ1n) is 9.30. The fourth-order valence-electron chi connectivity index (χ4n) is 3.65. The summed E-state index contributed by atoms with van der Waals surface area (Å²) in [6, 6.07) is 13.0.